The highest BCUT2D eigenvalue weighted by Crippen LogP contribution is 2.12. The topological polar surface area (TPSA) is 123 Å². The number of aryl methyl sites for hydroxylation is 2. The molecule has 0 aliphatic rings. The van der Waals surface area contributed by atoms with Gasteiger partial charge in [0.2, 0.25) is 5.95 Å². The van der Waals surface area contributed by atoms with Gasteiger partial charge in [0.1, 0.15) is 4.90 Å². The maximum Gasteiger partial charge on any atom is 0.267 e. The molecule has 0 aliphatic carbocycles. The van der Waals surface area contributed by atoms with Crippen LogP contribution >= 0.6 is 0 Å². The van der Waals surface area contributed by atoms with Crippen molar-refractivity contribution >= 4 is 21.9 Å². The highest BCUT2D eigenvalue weighted by atomic mass is 32.2. The minimum absolute atomic E-state index is 0.0849. The Morgan fingerprint density at radius 3 is 2.20 bits per heavy atom. The van der Waals surface area contributed by atoms with Crippen LogP contribution in [0.2, 0.25) is 0 Å². The first-order chi connectivity index (χ1) is 9.42. The molecule has 0 radical (unpaired) electrons. The Labute approximate surface area is 116 Å². The molecule has 2 N–H and O–H groups in total. The summed E-state index contributed by atoms with van der Waals surface area (Å²) in [5.74, 6) is 0.235. The van der Waals surface area contributed by atoms with E-state index in [2.05, 4.69) is 35.2 Å². The van der Waals surface area contributed by atoms with Crippen LogP contribution < -0.4 is 10.0 Å². The van der Waals surface area contributed by atoms with E-state index in [1.165, 1.54) is 12.4 Å². The molecule has 0 fully saturated rings. The normalized spacial score (nSPS) is 11.2. The molecule has 0 amide bonds. The van der Waals surface area contributed by atoms with E-state index >= 15 is 0 Å². The molecule has 20 heavy (non-hydrogen) atoms. The Hall–Kier alpha value is -2.36. The summed E-state index contributed by atoms with van der Waals surface area (Å²) in [6.45, 7) is 3.45. The van der Waals surface area contributed by atoms with Gasteiger partial charge in [-0.3, -0.25) is 0 Å². The number of anilines is 2. The molecule has 0 aromatic carbocycles. The Bertz CT molecular complexity index is 715. The van der Waals surface area contributed by atoms with Crippen molar-refractivity contribution in [1.29, 1.82) is 0 Å². The van der Waals surface area contributed by atoms with Gasteiger partial charge in [0, 0.05) is 7.05 Å². The molecule has 0 aliphatic heterocycles. The van der Waals surface area contributed by atoms with Crippen molar-refractivity contribution in [1.82, 2.24) is 25.1 Å². The third kappa shape index (κ3) is 2.96. The highest BCUT2D eigenvalue weighted by Gasteiger charge is 2.17. The van der Waals surface area contributed by atoms with Gasteiger partial charge in [0.15, 0.2) is 0 Å². The van der Waals surface area contributed by atoms with Crippen molar-refractivity contribution in [2.24, 2.45) is 0 Å². The van der Waals surface area contributed by atoms with Gasteiger partial charge in [-0.2, -0.15) is 5.10 Å². The van der Waals surface area contributed by atoms with Gasteiger partial charge in [-0.05, 0) is 13.8 Å². The van der Waals surface area contributed by atoms with Crippen molar-refractivity contribution in [3.05, 3.63) is 23.8 Å². The summed E-state index contributed by atoms with van der Waals surface area (Å²) in [7, 11) is -2.20. The lowest BCUT2D eigenvalue weighted by Crippen LogP contribution is -2.17. The van der Waals surface area contributed by atoms with Gasteiger partial charge in [-0.25, -0.2) is 28.1 Å². The molecule has 2 heterocycles. The SMILES string of the molecule is CNc1ncc(S(=O)(=O)Nc2nnc(C)c(C)n2)cn1. The van der Waals surface area contributed by atoms with Crippen LogP contribution in [0, 0.1) is 13.8 Å². The molecular formula is C10H13N7O2S. The van der Waals surface area contributed by atoms with Crippen molar-refractivity contribution in [3.63, 3.8) is 0 Å². The maximum absolute atomic E-state index is 12.1. The number of aromatic nitrogens is 5. The third-order valence-electron chi connectivity index (χ3n) is 2.48. The monoisotopic (exact) mass is 295 g/mol. The van der Waals surface area contributed by atoms with Crippen molar-refractivity contribution in [3.8, 4) is 0 Å². The van der Waals surface area contributed by atoms with Gasteiger partial charge in [-0.15, -0.1) is 5.10 Å². The van der Waals surface area contributed by atoms with E-state index in [1.807, 2.05) is 0 Å². The van der Waals surface area contributed by atoms with Crippen LogP contribution in [-0.4, -0.2) is 40.6 Å². The lowest BCUT2D eigenvalue weighted by Gasteiger charge is -2.07. The highest BCUT2D eigenvalue weighted by molar-refractivity contribution is 7.92. The minimum Gasteiger partial charge on any atom is -0.357 e. The molecule has 2 aromatic heterocycles. The fraction of sp³-hybridized carbons (Fsp3) is 0.300. The predicted octanol–water partition coefficient (Wildman–Crippen LogP) is 0.121. The summed E-state index contributed by atoms with van der Waals surface area (Å²) < 4.78 is 26.4. The lowest BCUT2D eigenvalue weighted by atomic mass is 10.4. The first-order valence-electron chi connectivity index (χ1n) is 5.63. The van der Waals surface area contributed by atoms with E-state index in [-0.39, 0.29) is 10.8 Å². The number of hydrogen-bond acceptors (Lipinski definition) is 8. The van der Waals surface area contributed by atoms with Crippen LogP contribution in [0.3, 0.4) is 0 Å². The van der Waals surface area contributed by atoms with Crippen LogP contribution in [0.4, 0.5) is 11.9 Å². The summed E-state index contributed by atoms with van der Waals surface area (Å²) >= 11 is 0. The van der Waals surface area contributed by atoms with E-state index in [4.69, 9.17) is 0 Å². The van der Waals surface area contributed by atoms with E-state index in [1.54, 1.807) is 20.9 Å². The van der Waals surface area contributed by atoms with Gasteiger partial charge in [0.05, 0.1) is 23.8 Å². The number of nitrogens with one attached hydrogen (secondary N) is 2. The Morgan fingerprint density at radius 1 is 1.00 bits per heavy atom. The fourth-order valence-electron chi connectivity index (χ4n) is 1.26. The smallest absolute Gasteiger partial charge is 0.267 e. The second-order valence-corrected chi connectivity index (χ2v) is 5.59. The standard InChI is InChI=1S/C10H13N7O2S/c1-6-7(2)15-16-10(14-6)17-20(18,19)8-4-12-9(11-3)13-5-8/h4-5H,1-3H3,(H,11,12,13)(H,14,16,17). The summed E-state index contributed by atoms with van der Waals surface area (Å²) in [5.41, 5.74) is 1.23. The van der Waals surface area contributed by atoms with Crippen molar-refractivity contribution in [2.45, 2.75) is 18.7 Å². The van der Waals surface area contributed by atoms with Crippen LogP contribution in [0.15, 0.2) is 17.3 Å². The zero-order valence-corrected chi connectivity index (χ0v) is 11.9. The zero-order valence-electron chi connectivity index (χ0n) is 11.1. The number of nitrogens with zero attached hydrogens (tertiary/aromatic N) is 5. The first kappa shape index (κ1) is 14.1. The molecule has 0 spiro atoms. The molecule has 10 heteroatoms. The average molecular weight is 295 g/mol. The van der Waals surface area contributed by atoms with Crippen LogP contribution in [0.1, 0.15) is 11.4 Å². The van der Waals surface area contributed by atoms with Crippen LogP contribution in [-0.2, 0) is 10.0 Å². The van der Waals surface area contributed by atoms with Gasteiger partial charge in [-0.1, -0.05) is 0 Å². The second-order valence-electron chi connectivity index (χ2n) is 3.90. The molecule has 0 saturated heterocycles. The van der Waals surface area contributed by atoms with Gasteiger partial charge < -0.3 is 5.32 Å². The molecule has 0 bridgehead atoms. The van der Waals surface area contributed by atoms with E-state index in [0.29, 0.717) is 17.3 Å². The third-order valence-corrected chi connectivity index (χ3v) is 3.76. The molecule has 0 saturated carbocycles. The Kier molecular flexibility index (Phi) is 3.74. The molecule has 106 valence electrons. The maximum atomic E-state index is 12.1. The average Bonchev–Trinajstić information content (AvgIpc) is 2.43. The van der Waals surface area contributed by atoms with Crippen LogP contribution in [0.5, 0.6) is 0 Å². The Balaban J connectivity index is 2.27. The molecule has 2 aromatic rings. The Morgan fingerprint density at radius 2 is 1.65 bits per heavy atom. The van der Waals surface area contributed by atoms with Gasteiger partial charge >= 0.3 is 0 Å². The zero-order chi connectivity index (χ0) is 14.8. The number of rotatable bonds is 4. The van der Waals surface area contributed by atoms with E-state index in [0.717, 1.165) is 0 Å². The summed E-state index contributed by atoms with van der Waals surface area (Å²) in [6, 6.07) is 0. The number of hydrogen-bond donors (Lipinski definition) is 2. The van der Waals surface area contributed by atoms with Gasteiger partial charge in [0.25, 0.3) is 16.0 Å². The van der Waals surface area contributed by atoms with Crippen molar-refractivity contribution < 1.29 is 8.42 Å². The molecule has 2 rings (SSSR count). The lowest BCUT2D eigenvalue weighted by molar-refractivity contribution is 0.599. The summed E-state index contributed by atoms with van der Waals surface area (Å²) in [5, 5.41) is 10.2. The summed E-state index contributed by atoms with van der Waals surface area (Å²) in [4.78, 5) is 11.6. The minimum atomic E-state index is -3.84. The largest absolute Gasteiger partial charge is 0.357 e. The predicted molar refractivity (Wildman–Crippen MR) is 71.7 cm³/mol. The first-order valence-corrected chi connectivity index (χ1v) is 7.11. The quantitative estimate of drug-likeness (QED) is 0.815. The van der Waals surface area contributed by atoms with E-state index in [9.17, 15) is 8.42 Å². The molecular weight excluding hydrogens is 282 g/mol. The second kappa shape index (κ2) is 5.33. The van der Waals surface area contributed by atoms with Crippen molar-refractivity contribution in [2.75, 3.05) is 17.1 Å². The molecule has 0 unspecified atom stereocenters. The fourth-order valence-corrected chi connectivity index (χ4v) is 2.09. The number of sulfonamides is 1. The van der Waals surface area contributed by atoms with E-state index < -0.39 is 10.0 Å². The molecule has 0 atom stereocenters. The molecule has 9 nitrogen and oxygen atoms in total. The van der Waals surface area contributed by atoms with Crippen LogP contribution in [0.25, 0.3) is 0 Å². The summed E-state index contributed by atoms with van der Waals surface area (Å²) in [6.07, 6.45) is 2.38.